The van der Waals surface area contributed by atoms with Gasteiger partial charge < -0.3 is 10.1 Å². The van der Waals surface area contributed by atoms with Gasteiger partial charge in [0, 0.05) is 13.1 Å². The summed E-state index contributed by atoms with van der Waals surface area (Å²) in [6.07, 6.45) is -4.43. The second kappa shape index (κ2) is 6.37. The van der Waals surface area contributed by atoms with E-state index in [-0.39, 0.29) is 28.5 Å². The van der Waals surface area contributed by atoms with Crippen LogP contribution in [0.4, 0.5) is 18.9 Å². The molecule has 0 aliphatic rings. The normalized spacial score (nSPS) is 10.7. The van der Waals surface area contributed by atoms with E-state index in [0.29, 0.717) is 5.69 Å². The molecule has 0 radical (unpaired) electrons. The predicted molar refractivity (Wildman–Crippen MR) is 62.6 cm³/mol. The first-order chi connectivity index (χ1) is 7.33. The highest BCUT2D eigenvalue weighted by atomic mass is 35.5. The number of rotatable bonds is 3. The molecule has 1 aromatic heterocycles. The van der Waals surface area contributed by atoms with Crippen LogP contribution in [-0.2, 0) is 0 Å². The molecule has 17 heavy (non-hydrogen) atoms. The first kappa shape index (κ1) is 16.4. The maximum absolute atomic E-state index is 11.9. The van der Waals surface area contributed by atoms with Gasteiger partial charge in [0.05, 0.1) is 10.7 Å². The van der Waals surface area contributed by atoms with E-state index in [1.54, 1.807) is 7.05 Å². The number of halogens is 6. The van der Waals surface area contributed by atoms with Crippen LogP contribution in [0.25, 0.3) is 0 Å². The summed E-state index contributed by atoms with van der Waals surface area (Å²) in [5.74, 6) is -0.272. The van der Waals surface area contributed by atoms with Gasteiger partial charge in [-0.05, 0) is 0 Å². The Balaban J connectivity index is 0.00000256. The number of aromatic nitrogens is 1. The summed E-state index contributed by atoms with van der Waals surface area (Å²) in [6.45, 7) is -1.44. The molecule has 0 bridgehead atoms. The summed E-state index contributed by atoms with van der Waals surface area (Å²) in [4.78, 5) is 3.60. The maximum atomic E-state index is 11.9. The fourth-order valence-electron chi connectivity index (χ4n) is 0.916. The molecule has 1 aromatic rings. The van der Waals surface area contributed by atoms with Crippen LogP contribution in [-0.4, -0.2) is 24.8 Å². The second-order valence-corrected chi connectivity index (χ2v) is 3.53. The van der Waals surface area contributed by atoms with Crippen molar-refractivity contribution < 1.29 is 17.9 Å². The average molecular weight is 312 g/mol. The topological polar surface area (TPSA) is 34.1 Å². The minimum atomic E-state index is -4.43. The molecule has 0 aromatic carbocycles. The van der Waals surface area contributed by atoms with Crippen LogP contribution in [0, 0.1) is 0 Å². The van der Waals surface area contributed by atoms with Crippen LogP contribution in [0.5, 0.6) is 5.88 Å². The lowest BCUT2D eigenvalue weighted by Crippen LogP contribution is -2.19. The van der Waals surface area contributed by atoms with Crippen molar-refractivity contribution in [2.45, 2.75) is 6.18 Å². The Bertz CT molecular complexity index is 364. The van der Waals surface area contributed by atoms with Gasteiger partial charge in [0.2, 0.25) is 5.88 Å². The maximum Gasteiger partial charge on any atom is 0.422 e. The van der Waals surface area contributed by atoms with E-state index < -0.39 is 12.8 Å². The van der Waals surface area contributed by atoms with Crippen molar-refractivity contribution in [1.29, 1.82) is 0 Å². The number of ether oxygens (including phenoxy) is 1. The molecule has 98 valence electrons. The molecule has 0 aliphatic carbocycles. The number of hydrogen-bond donors (Lipinski definition) is 1. The van der Waals surface area contributed by atoms with Gasteiger partial charge in [0.15, 0.2) is 11.8 Å². The summed E-state index contributed by atoms with van der Waals surface area (Å²) in [5, 5.41) is 2.75. The summed E-state index contributed by atoms with van der Waals surface area (Å²) in [7, 11) is 1.56. The zero-order valence-corrected chi connectivity index (χ0v) is 10.8. The van der Waals surface area contributed by atoms with E-state index in [2.05, 4.69) is 15.0 Å². The van der Waals surface area contributed by atoms with Gasteiger partial charge in [-0.3, -0.25) is 0 Å². The first-order valence-electron chi connectivity index (χ1n) is 4.07. The molecule has 0 unspecified atom stereocenters. The molecule has 0 saturated carbocycles. The lowest BCUT2D eigenvalue weighted by atomic mass is 10.4. The van der Waals surface area contributed by atoms with E-state index in [4.69, 9.17) is 23.2 Å². The molecule has 0 aliphatic heterocycles. The Morgan fingerprint density at radius 2 is 2.00 bits per heavy atom. The highest BCUT2D eigenvalue weighted by Crippen LogP contribution is 2.31. The molecule has 0 atom stereocenters. The van der Waals surface area contributed by atoms with Crippen LogP contribution >= 0.6 is 35.6 Å². The standard InChI is InChI=1S/C8H7Cl2F3N2O.ClH/c1-14-6-4(9)2-5(15-7(6)10)16-3-8(11,12)13;/h2,14H,3H2,1H3;1H. The van der Waals surface area contributed by atoms with Gasteiger partial charge in [-0.25, -0.2) is 0 Å². The largest absolute Gasteiger partial charge is 0.468 e. The SMILES string of the molecule is CNc1c(Cl)cc(OCC(F)(F)F)nc1Cl.Cl. The molecule has 1 N–H and O–H groups in total. The molecular formula is C8H8Cl3F3N2O. The van der Waals surface area contributed by atoms with Crippen LogP contribution in [0.15, 0.2) is 6.07 Å². The zero-order valence-electron chi connectivity index (χ0n) is 8.44. The third-order valence-corrected chi connectivity index (χ3v) is 2.11. The molecule has 0 fully saturated rings. The third kappa shape index (κ3) is 5.06. The summed E-state index contributed by atoms with van der Waals surface area (Å²) < 4.78 is 40.0. The highest BCUT2D eigenvalue weighted by Gasteiger charge is 2.28. The monoisotopic (exact) mass is 310 g/mol. The molecule has 3 nitrogen and oxygen atoms in total. The van der Waals surface area contributed by atoms with Gasteiger partial charge in [-0.2, -0.15) is 18.2 Å². The molecule has 0 spiro atoms. The van der Waals surface area contributed by atoms with Crippen LogP contribution < -0.4 is 10.1 Å². The highest BCUT2D eigenvalue weighted by molar-refractivity contribution is 6.38. The summed E-state index contributed by atoms with van der Waals surface area (Å²) in [5.41, 5.74) is 0.336. The number of hydrogen-bond acceptors (Lipinski definition) is 3. The minimum Gasteiger partial charge on any atom is -0.468 e. The van der Waals surface area contributed by atoms with Crippen LogP contribution in [0.1, 0.15) is 0 Å². The van der Waals surface area contributed by atoms with Gasteiger partial charge in [0.25, 0.3) is 0 Å². The zero-order chi connectivity index (χ0) is 12.3. The smallest absolute Gasteiger partial charge is 0.422 e. The fourth-order valence-corrected chi connectivity index (χ4v) is 1.52. The number of nitrogens with one attached hydrogen (secondary N) is 1. The quantitative estimate of drug-likeness (QED) is 0.862. The lowest BCUT2D eigenvalue weighted by Gasteiger charge is -2.11. The Morgan fingerprint density at radius 3 is 2.41 bits per heavy atom. The van der Waals surface area contributed by atoms with Gasteiger partial charge in [-0.1, -0.05) is 23.2 Å². The number of alkyl halides is 3. The molecular weight excluding hydrogens is 303 g/mol. The van der Waals surface area contributed by atoms with Crippen molar-refractivity contribution in [3.8, 4) is 5.88 Å². The molecule has 9 heteroatoms. The fraction of sp³-hybridized carbons (Fsp3) is 0.375. The Hall–Kier alpha value is -0.590. The molecule has 1 heterocycles. The van der Waals surface area contributed by atoms with Crippen molar-refractivity contribution >= 4 is 41.3 Å². The van der Waals surface area contributed by atoms with E-state index in [0.717, 1.165) is 6.07 Å². The van der Waals surface area contributed by atoms with E-state index in [1.807, 2.05) is 0 Å². The second-order valence-electron chi connectivity index (χ2n) is 2.76. The lowest BCUT2D eigenvalue weighted by molar-refractivity contribution is -0.154. The van der Waals surface area contributed by atoms with Gasteiger partial charge >= 0.3 is 6.18 Å². The van der Waals surface area contributed by atoms with Crippen molar-refractivity contribution in [3.05, 3.63) is 16.2 Å². The van der Waals surface area contributed by atoms with E-state index in [1.165, 1.54) is 0 Å². The Labute approximate surface area is 112 Å². The first-order valence-corrected chi connectivity index (χ1v) is 4.82. The van der Waals surface area contributed by atoms with Gasteiger partial charge in [0.1, 0.15) is 0 Å². The molecule has 0 amide bonds. The van der Waals surface area contributed by atoms with Crippen LogP contribution in [0.3, 0.4) is 0 Å². The number of nitrogens with zero attached hydrogens (tertiary/aromatic N) is 1. The van der Waals surface area contributed by atoms with Crippen LogP contribution in [0.2, 0.25) is 10.2 Å². The molecule has 1 rings (SSSR count). The summed E-state index contributed by atoms with van der Waals surface area (Å²) >= 11 is 11.4. The third-order valence-electron chi connectivity index (χ3n) is 1.54. The predicted octanol–water partition coefficient (Wildman–Crippen LogP) is 3.79. The average Bonchev–Trinajstić information content (AvgIpc) is 2.13. The van der Waals surface area contributed by atoms with E-state index >= 15 is 0 Å². The van der Waals surface area contributed by atoms with Crippen molar-refractivity contribution in [1.82, 2.24) is 4.98 Å². The number of pyridine rings is 1. The molecule has 0 saturated heterocycles. The van der Waals surface area contributed by atoms with Crippen molar-refractivity contribution in [2.24, 2.45) is 0 Å². The minimum absolute atomic E-state index is 0. The number of anilines is 1. The van der Waals surface area contributed by atoms with Crippen molar-refractivity contribution in [2.75, 3.05) is 19.0 Å². The van der Waals surface area contributed by atoms with Crippen molar-refractivity contribution in [3.63, 3.8) is 0 Å². The Kier molecular flexibility index (Phi) is 6.15. The van der Waals surface area contributed by atoms with Gasteiger partial charge in [-0.15, -0.1) is 12.4 Å². The van der Waals surface area contributed by atoms with E-state index in [9.17, 15) is 13.2 Å². The Morgan fingerprint density at radius 1 is 1.41 bits per heavy atom. The summed E-state index contributed by atoms with van der Waals surface area (Å²) in [6, 6.07) is 1.16.